The number of rotatable bonds is 6. The van der Waals surface area contributed by atoms with Crippen LogP contribution in [-0.2, 0) is 10.7 Å². The molecule has 0 radical (unpaired) electrons. The number of pyridine rings is 2. The average Bonchev–Trinajstić information content (AvgIpc) is 2.84. The topological polar surface area (TPSA) is 58.1 Å². The number of hydrogen-bond acceptors (Lipinski definition) is 4. The zero-order valence-electron chi connectivity index (χ0n) is 18.8. The van der Waals surface area contributed by atoms with E-state index in [0.717, 1.165) is 36.5 Å². The molecule has 0 spiro atoms. The Bertz CT molecular complexity index is 1160. The van der Waals surface area contributed by atoms with E-state index in [-0.39, 0.29) is 18.9 Å². The highest BCUT2D eigenvalue weighted by atomic mass is 19.3. The Kier molecular flexibility index (Phi) is 6.84. The summed E-state index contributed by atoms with van der Waals surface area (Å²) >= 11 is 0. The molecule has 0 bridgehead atoms. The fraction of sp³-hybridized carbons (Fsp3) is 0.320. The molecule has 2 aromatic heterocycles. The number of hydrogen-bond donors (Lipinski definition) is 1. The summed E-state index contributed by atoms with van der Waals surface area (Å²) in [5, 5.41) is 2.56. The van der Waals surface area contributed by atoms with Crippen LogP contribution in [0.2, 0.25) is 0 Å². The standard InChI is InChI=1S/C25H23F5N4O/c1-16(34-13-10-24(27,28)21(15-34)17-8-11-31-12-9-17)23(35)33-22-7-4-19(14-32-22)25(29,30)18-2-5-20(26)6-3-18/h2-9,11-12,14,16,21H,10,13,15H2,1H3,(H,32,33,35). The number of piperidine rings is 1. The van der Waals surface area contributed by atoms with Crippen molar-refractivity contribution in [1.82, 2.24) is 14.9 Å². The molecule has 1 aromatic carbocycles. The lowest BCUT2D eigenvalue weighted by molar-refractivity contribution is -0.125. The molecule has 10 heteroatoms. The summed E-state index contributed by atoms with van der Waals surface area (Å²) in [6, 6.07) is 8.57. The minimum atomic E-state index is -3.41. The molecule has 2 atom stereocenters. The van der Waals surface area contributed by atoms with Crippen LogP contribution < -0.4 is 5.32 Å². The second kappa shape index (κ2) is 9.69. The van der Waals surface area contributed by atoms with Crippen molar-refractivity contribution in [2.45, 2.75) is 37.1 Å². The van der Waals surface area contributed by atoms with E-state index in [4.69, 9.17) is 0 Å². The molecule has 184 valence electrons. The van der Waals surface area contributed by atoms with Crippen LogP contribution in [-0.4, -0.2) is 45.8 Å². The minimum absolute atomic E-state index is 0.0259. The summed E-state index contributed by atoms with van der Waals surface area (Å²) in [7, 11) is 0. The smallest absolute Gasteiger partial charge is 0.299 e. The normalized spacial score (nSPS) is 19.2. The van der Waals surface area contributed by atoms with Gasteiger partial charge in [-0.15, -0.1) is 0 Å². The van der Waals surface area contributed by atoms with Gasteiger partial charge in [-0.05, 0) is 61.0 Å². The Morgan fingerprint density at radius 1 is 1.09 bits per heavy atom. The number of carbonyl (C=O) groups is 1. The lowest BCUT2D eigenvalue weighted by Crippen LogP contribution is -2.52. The van der Waals surface area contributed by atoms with Crippen molar-refractivity contribution in [3.05, 3.63) is 89.6 Å². The summed E-state index contributed by atoms with van der Waals surface area (Å²) in [6.07, 6.45) is 3.44. The van der Waals surface area contributed by atoms with Crippen LogP contribution in [0.1, 0.15) is 36.0 Å². The summed E-state index contributed by atoms with van der Waals surface area (Å²) in [6.45, 7) is 1.60. The Balaban J connectivity index is 1.42. The van der Waals surface area contributed by atoms with Crippen LogP contribution in [0.5, 0.6) is 0 Å². The van der Waals surface area contributed by atoms with Crippen molar-refractivity contribution in [2.75, 3.05) is 18.4 Å². The molecule has 0 aliphatic carbocycles. The molecular formula is C25H23F5N4O. The van der Waals surface area contributed by atoms with E-state index in [1.807, 2.05) is 0 Å². The van der Waals surface area contributed by atoms with Crippen molar-refractivity contribution < 1.29 is 26.7 Å². The lowest BCUT2D eigenvalue weighted by atomic mass is 9.87. The number of aromatic nitrogens is 2. The highest BCUT2D eigenvalue weighted by molar-refractivity contribution is 5.93. The zero-order valence-corrected chi connectivity index (χ0v) is 18.8. The van der Waals surface area contributed by atoms with Gasteiger partial charge in [-0.25, -0.2) is 18.2 Å². The first-order chi connectivity index (χ1) is 16.6. The first kappa shape index (κ1) is 24.7. The van der Waals surface area contributed by atoms with E-state index >= 15 is 0 Å². The molecule has 1 aliphatic rings. The van der Waals surface area contributed by atoms with E-state index in [2.05, 4.69) is 15.3 Å². The number of alkyl halides is 4. The maximum Gasteiger partial charge on any atom is 0.299 e. The number of anilines is 1. The monoisotopic (exact) mass is 490 g/mol. The Morgan fingerprint density at radius 2 is 1.74 bits per heavy atom. The molecule has 2 unspecified atom stereocenters. The summed E-state index contributed by atoms with van der Waals surface area (Å²) < 4.78 is 71.6. The Labute approximate surface area is 199 Å². The predicted molar refractivity (Wildman–Crippen MR) is 120 cm³/mol. The first-order valence-electron chi connectivity index (χ1n) is 11.0. The average molecular weight is 490 g/mol. The highest BCUT2D eigenvalue weighted by Gasteiger charge is 2.46. The molecule has 1 N–H and O–H groups in total. The van der Waals surface area contributed by atoms with Gasteiger partial charge in [0, 0.05) is 49.2 Å². The fourth-order valence-corrected chi connectivity index (χ4v) is 4.10. The number of likely N-dealkylation sites (tertiary alicyclic amines) is 1. The van der Waals surface area contributed by atoms with Crippen LogP contribution >= 0.6 is 0 Å². The van der Waals surface area contributed by atoms with Crippen LogP contribution in [0.3, 0.4) is 0 Å². The van der Waals surface area contributed by atoms with Gasteiger partial charge in [0.2, 0.25) is 5.91 Å². The second-order valence-corrected chi connectivity index (χ2v) is 8.52. The van der Waals surface area contributed by atoms with E-state index in [1.54, 1.807) is 24.0 Å². The molecule has 35 heavy (non-hydrogen) atoms. The van der Waals surface area contributed by atoms with Gasteiger partial charge in [-0.1, -0.05) is 0 Å². The van der Waals surface area contributed by atoms with Crippen LogP contribution in [0.25, 0.3) is 0 Å². The number of amides is 1. The number of carbonyl (C=O) groups excluding carboxylic acids is 1. The first-order valence-corrected chi connectivity index (χ1v) is 11.0. The molecule has 1 aliphatic heterocycles. The van der Waals surface area contributed by atoms with Gasteiger partial charge in [0.05, 0.1) is 12.0 Å². The number of benzene rings is 1. The molecule has 0 saturated carbocycles. The molecule has 1 amide bonds. The number of halogens is 5. The largest absolute Gasteiger partial charge is 0.309 e. The maximum atomic E-state index is 14.7. The van der Waals surface area contributed by atoms with Crippen LogP contribution in [0.4, 0.5) is 27.8 Å². The van der Waals surface area contributed by atoms with Crippen molar-refractivity contribution >= 4 is 11.7 Å². The van der Waals surface area contributed by atoms with Crippen molar-refractivity contribution in [3.8, 4) is 0 Å². The van der Waals surface area contributed by atoms with Crippen molar-refractivity contribution in [2.24, 2.45) is 0 Å². The Morgan fingerprint density at radius 3 is 2.37 bits per heavy atom. The van der Waals surface area contributed by atoms with Gasteiger partial charge in [0.15, 0.2) is 0 Å². The SMILES string of the molecule is CC(C(=O)Nc1ccc(C(F)(F)c2ccc(F)cc2)cn1)N1CCC(F)(F)C(c2ccncc2)C1. The number of nitrogens with zero attached hydrogens (tertiary/aromatic N) is 3. The van der Waals surface area contributed by atoms with Gasteiger partial charge in [0.1, 0.15) is 11.6 Å². The van der Waals surface area contributed by atoms with Gasteiger partial charge >= 0.3 is 0 Å². The van der Waals surface area contributed by atoms with E-state index < -0.39 is 53.1 Å². The Hall–Kier alpha value is -3.40. The quantitative estimate of drug-likeness (QED) is 0.482. The third-order valence-electron chi connectivity index (χ3n) is 6.28. The van der Waals surface area contributed by atoms with Crippen LogP contribution in [0, 0.1) is 5.82 Å². The minimum Gasteiger partial charge on any atom is -0.309 e. The fourth-order valence-electron chi connectivity index (χ4n) is 4.10. The molecule has 1 fully saturated rings. The van der Waals surface area contributed by atoms with Gasteiger partial charge in [0.25, 0.3) is 11.8 Å². The summed E-state index contributed by atoms with van der Waals surface area (Å²) in [5.74, 6) is -8.47. The molecule has 1 saturated heterocycles. The van der Waals surface area contributed by atoms with E-state index in [9.17, 15) is 26.7 Å². The molecule has 3 aromatic rings. The molecular weight excluding hydrogens is 467 g/mol. The number of nitrogens with one attached hydrogen (secondary N) is 1. The predicted octanol–water partition coefficient (Wildman–Crippen LogP) is 5.21. The van der Waals surface area contributed by atoms with Gasteiger partial charge < -0.3 is 5.32 Å². The molecule has 4 rings (SSSR count). The highest BCUT2D eigenvalue weighted by Crippen LogP contribution is 2.40. The van der Waals surface area contributed by atoms with E-state index in [0.29, 0.717) is 5.56 Å². The van der Waals surface area contributed by atoms with Crippen LogP contribution in [0.15, 0.2) is 67.1 Å². The molecule has 5 nitrogen and oxygen atoms in total. The third kappa shape index (κ3) is 5.32. The van der Waals surface area contributed by atoms with Crippen molar-refractivity contribution in [1.29, 1.82) is 0 Å². The maximum absolute atomic E-state index is 14.7. The van der Waals surface area contributed by atoms with Gasteiger partial charge in [-0.2, -0.15) is 8.78 Å². The molecule has 3 heterocycles. The van der Waals surface area contributed by atoms with Gasteiger partial charge in [-0.3, -0.25) is 14.7 Å². The second-order valence-electron chi connectivity index (χ2n) is 8.52. The van der Waals surface area contributed by atoms with Crippen molar-refractivity contribution in [3.63, 3.8) is 0 Å². The zero-order chi connectivity index (χ0) is 25.2. The summed E-state index contributed by atoms with van der Waals surface area (Å²) in [4.78, 5) is 22.2. The lowest BCUT2D eigenvalue weighted by Gasteiger charge is -2.40. The van der Waals surface area contributed by atoms with E-state index in [1.165, 1.54) is 18.5 Å². The summed E-state index contributed by atoms with van der Waals surface area (Å²) in [5.41, 5.74) is -0.369. The third-order valence-corrected chi connectivity index (χ3v) is 6.28.